The van der Waals surface area contributed by atoms with Gasteiger partial charge >= 0.3 is 5.69 Å². The maximum Gasteiger partial charge on any atom is 0.332 e. The van der Waals surface area contributed by atoms with E-state index in [2.05, 4.69) is 42.5 Å². The van der Waals surface area contributed by atoms with Crippen LogP contribution in [0.3, 0.4) is 0 Å². The molecule has 0 spiro atoms. The van der Waals surface area contributed by atoms with Crippen molar-refractivity contribution >= 4 is 45.4 Å². The summed E-state index contributed by atoms with van der Waals surface area (Å²) < 4.78 is 9.21. The highest BCUT2D eigenvalue weighted by Crippen LogP contribution is 2.18. The third kappa shape index (κ3) is 4.80. The van der Waals surface area contributed by atoms with E-state index in [-0.39, 0.29) is 16.5 Å². The van der Waals surface area contributed by atoms with Crippen LogP contribution in [0.15, 0.2) is 38.5 Å². The molecule has 4 heterocycles. The number of imidazole rings is 1. The van der Waals surface area contributed by atoms with Gasteiger partial charge in [-0.25, -0.2) is 14.8 Å². The summed E-state index contributed by atoms with van der Waals surface area (Å²) >= 11 is 8.11. The summed E-state index contributed by atoms with van der Waals surface area (Å²) in [5.74, 6) is 0.482. The average molecular weight is 569 g/mol. The molecule has 0 saturated heterocycles. The van der Waals surface area contributed by atoms with Crippen LogP contribution < -0.4 is 11.2 Å². The predicted molar refractivity (Wildman–Crippen MR) is 130 cm³/mol. The standard InChI is InChI=1S/C21H22ClIN6O3/c1-2-3-10-28-17-16(26-20(22)27-17)19(30)29(21(28)31)11-5-4-7-13-12-32-18(24-13)14-8-6-9-15(23)25-14/h6,8-9,12H,2-5,7,10-11H2,1H3,(H,26,27). The molecule has 0 aliphatic heterocycles. The van der Waals surface area contributed by atoms with Crippen LogP contribution in [0.2, 0.25) is 5.28 Å². The monoisotopic (exact) mass is 568 g/mol. The van der Waals surface area contributed by atoms with E-state index in [9.17, 15) is 9.59 Å². The van der Waals surface area contributed by atoms with Crippen LogP contribution in [-0.2, 0) is 19.5 Å². The molecule has 4 aromatic rings. The van der Waals surface area contributed by atoms with Gasteiger partial charge in [-0.1, -0.05) is 19.4 Å². The molecular formula is C21H22ClIN6O3. The van der Waals surface area contributed by atoms with Crippen molar-refractivity contribution in [3.63, 3.8) is 0 Å². The van der Waals surface area contributed by atoms with Crippen LogP contribution in [0.5, 0.6) is 0 Å². The lowest BCUT2D eigenvalue weighted by Crippen LogP contribution is -2.40. The van der Waals surface area contributed by atoms with Crippen molar-refractivity contribution in [1.29, 1.82) is 0 Å². The first-order chi connectivity index (χ1) is 15.5. The molecule has 9 nitrogen and oxygen atoms in total. The highest BCUT2D eigenvalue weighted by molar-refractivity contribution is 14.1. The molecule has 0 amide bonds. The highest BCUT2D eigenvalue weighted by atomic mass is 127. The molecule has 0 fully saturated rings. The highest BCUT2D eigenvalue weighted by Gasteiger charge is 2.16. The Labute approximate surface area is 202 Å². The zero-order valence-electron chi connectivity index (χ0n) is 17.5. The van der Waals surface area contributed by atoms with Gasteiger partial charge in [0, 0.05) is 13.1 Å². The molecule has 4 aromatic heterocycles. The van der Waals surface area contributed by atoms with Crippen LogP contribution >= 0.6 is 34.2 Å². The Hall–Kier alpha value is -2.47. The van der Waals surface area contributed by atoms with E-state index < -0.39 is 5.56 Å². The predicted octanol–water partition coefficient (Wildman–Crippen LogP) is 4.02. The Morgan fingerprint density at radius 3 is 2.69 bits per heavy atom. The van der Waals surface area contributed by atoms with Gasteiger partial charge in [0.25, 0.3) is 5.56 Å². The smallest absolute Gasteiger partial charge is 0.332 e. The fourth-order valence-corrected chi connectivity index (χ4v) is 4.14. The third-order valence-electron chi connectivity index (χ3n) is 5.12. The number of rotatable bonds is 9. The number of halogens is 2. The van der Waals surface area contributed by atoms with Crippen molar-refractivity contribution < 1.29 is 4.42 Å². The normalized spacial score (nSPS) is 11.5. The minimum atomic E-state index is -0.398. The topological polar surface area (TPSA) is 112 Å². The molecule has 4 rings (SSSR count). The quantitative estimate of drug-likeness (QED) is 0.141. The number of nitrogens with zero attached hydrogens (tertiary/aromatic N) is 5. The Kier molecular flexibility index (Phi) is 7.09. The number of H-pyrrole nitrogens is 1. The first-order valence-corrected chi connectivity index (χ1v) is 11.9. The average Bonchev–Trinajstić information content (AvgIpc) is 3.40. The number of nitrogens with one attached hydrogen (secondary N) is 1. The van der Waals surface area contributed by atoms with E-state index in [0.29, 0.717) is 43.2 Å². The Morgan fingerprint density at radius 2 is 1.91 bits per heavy atom. The maximum absolute atomic E-state index is 13.0. The van der Waals surface area contributed by atoms with E-state index in [0.717, 1.165) is 28.7 Å². The lowest BCUT2D eigenvalue weighted by atomic mass is 10.2. The molecule has 0 bridgehead atoms. The molecule has 1 N–H and O–H groups in total. The van der Waals surface area contributed by atoms with Gasteiger partial charge in [0.1, 0.15) is 15.7 Å². The van der Waals surface area contributed by atoms with E-state index in [1.54, 1.807) is 6.26 Å². The van der Waals surface area contributed by atoms with Gasteiger partial charge in [-0.15, -0.1) is 0 Å². The summed E-state index contributed by atoms with van der Waals surface area (Å²) in [6, 6.07) is 5.66. The minimum Gasteiger partial charge on any atom is -0.443 e. The van der Waals surface area contributed by atoms with Crippen LogP contribution in [0.4, 0.5) is 0 Å². The summed E-state index contributed by atoms with van der Waals surface area (Å²) in [6.07, 6.45) is 5.40. The number of aromatic nitrogens is 6. The summed E-state index contributed by atoms with van der Waals surface area (Å²) in [5.41, 5.74) is 1.32. The van der Waals surface area contributed by atoms with Crippen molar-refractivity contribution in [1.82, 2.24) is 29.1 Å². The molecule has 0 saturated carbocycles. The number of hydrogen-bond donors (Lipinski definition) is 1. The molecule has 32 heavy (non-hydrogen) atoms. The minimum absolute atomic E-state index is 0.101. The number of unbranched alkanes of at least 4 members (excludes halogenated alkanes) is 2. The van der Waals surface area contributed by atoms with Gasteiger partial charge in [0.15, 0.2) is 11.2 Å². The van der Waals surface area contributed by atoms with Crippen LogP contribution in [-0.4, -0.2) is 29.1 Å². The largest absolute Gasteiger partial charge is 0.443 e. The second-order valence-electron chi connectivity index (χ2n) is 7.42. The maximum atomic E-state index is 13.0. The second kappa shape index (κ2) is 9.99. The van der Waals surface area contributed by atoms with Crippen LogP contribution in [0, 0.1) is 3.70 Å². The molecule has 0 aliphatic carbocycles. The van der Waals surface area contributed by atoms with E-state index in [1.165, 1.54) is 9.13 Å². The number of oxazole rings is 1. The first kappa shape index (κ1) is 22.7. The van der Waals surface area contributed by atoms with Crippen LogP contribution in [0.25, 0.3) is 22.7 Å². The fourth-order valence-electron chi connectivity index (χ4n) is 3.50. The molecule has 0 atom stereocenters. The fraction of sp³-hybridized carbons (Fsp3) is 0.381. The van der Waals surface area contributed by atoms with Gasteiger partial charge in [-0.05, 0) is 72.0 Å². The van der Waals surface area contributed by atoms with Crippen molar-refractivity contribution in [3.05, 3.63) is 60.0 Å². The lowest BCUT2D eigenvalue weighted by molar-refractivity contribution is 0.522. The molecular weight excluding hydrogens is 547 g/mol. The van der Waals surface area contributed by atoms with Crippen molar-refractivity contribution in [2.45, 2.75) is 52.1 Å². The number of hydrogen-bond acceptors (Lipinski definition) is 6. The summed E-state index contributed by atoms with van der Waals surface area (Å²) in [6.45, 7) is 2.83. The van der Waals surface area contributed by atoms with Crippen molar-refractivity contribution in [2.24, 2.45) is 0 Å². The van der Waals surface area contributed by atoms with Crippen LogP contribution in [0.1, 0.15) is 38.3 Å². The van der Waals surface area contributed by atoms with E-state index in [1.807, 2.05) is 25.1 Å². The van der Waals surface area contributed by atoms with E-state index in [4.69, 9.17) is 16.0 Å². The molecule has 168 valence electrons. The van der Waals surface area contributed by atoms with Gasteiger partial charge in [0.05, 0.1) is 5.69 Å². The first-order valence-electron chi connectivity index (χ1n) is 10.4. The van der Waals surface area contributed by atoms with Gasteiger partial charge < -0.3 is 9.40 Å². The van der Waals surface area contributed by atoms with Gasteiger partial charge in [0.2, 0.25) is 11.2 Å². The Balaban J connectivity index is 1.46. The zero-order valence-corrected chi connectivity index (χ0v) is 20.4. The number of aryl methyl sites for hydroxylation is 2. The van der Waals surface area contributed by atoms with Gasteiger partial charge in [-0.3, -0.25) is 13.9 Å². The summed E-state index contributed by atoms with van der Waals surface area (Å²) in [7, 11) is 0. The van der Waals surface area contributed by atoms with Crippen molar-refractivity contribution in [3.8, 4) is 11.6 Å². The number of pyridine rings is 1. The number of fused-ring (bicyclic) bond motifs is 1. The Bertz CT molecular complexity index is 1360. The molecule has 0 aliphatic rings. The molecule has 0 aromatic carbocycles. The molecule has 0 unspecified atom stereocenters. The molecule has 0 radical (unpaired) electrons. The summed E-state index contributed by atoms with van der Waals surface area (Å²) in [5, 5.41) is 0.101. The SMILES string of the molecule is CCCCn1c(=O)n(CCCCc2coc(-c3cccc(I)n3)n2)c(=O)c2[nH]c(Cl)nc21. The Morgan fingerprint density at radius 1 is 1.09 bits per heavy atom. The summed E-state index contributed by atoms with van der Waals surface area (Å²) in [4.78, 5) is 41.6. The van der Waals surface area contributed by atoms with Crippen molar-refractivity contribution in [2.75, 3.05) is 0 Å². The number of aromatic amines is 1. The van der Waals surface area contributed by atoms with E-state index >= 15 is 0 Å². The zero-order chi connectivity index (χ0) is 22.7. The molecule has 11 heteroatoms. The second-order valence-corrected chi connectivity index (χ2v) is 8.88. The third-order valence-corrected chi connectivity index (χ3v) is 5.90. The lowest BCUT2D eigenvalue weighted by Gasteiger charge is -2.10. The van der Waals surface area contributed by atoms with Gasteiger partial charge in [-0.2, -0.15) is 4.98 Å².